The molecule has 0 radical (unpaired) electrons. The van der Waals surface area contributed by atoms with E-state index >= 15 is 0 Å². The Bertz CT molecular complexity index is 1030. The van der Waals surface area contributed by atoms with Crippen LogP contribution in [0.1, 0.15) is 5.01 Å². The smallest absolute Gasteiger partial charge is 0.243 e. The van der Waals surface area contributed by atoms with Crippen LogP contribution in [0, 0.1) is 5.82 Å². The van der Waals surface area contributed by atoms with Crippen LogP contribution >= 0.6 is 11.3 Å². The minimum Gasteiger partial charge on any atom is -0.294 e. The Kier molecular flexibility index (Phi) is 5.54. The Morgan fingerprint density at radius 1 is 0.964 bits per heavy atom. The zero-order valence-corrected chi connectivity index (χ0v) is 16.8. The molecule has 28 heavy (non-hydrogen) atoms. The average Bonchev–Trinajstić information content (AvgIpc) is 3.18. The highest BCUT2D eigenvalue weighted by Crippen LogP contribution is 2.23. The van der Waals surface area contributed by atoms with E-state index in [0.717, 1.165) is 16.3 Å². The van der Waals surface area contributed by atoms with E-state index in [1.165, 1.54) is 28.6 Å². The normalized spacial score (nSPS) is 16.3. The largest absolute Gasteiger partial charge is 0.294 e. The summed E-state index contributed by atoms with van der Waals surface area (Å²) in [6.07, 6.45) is 0. The average molecular weight is 418 g/mol. The second kappa shape index (κ2) is 8.08. The van der Waals surface area contributed by atoms with Gasteiger partial charge >= 0.3 is 0 Å². The predicted octanol–water partition coefficient (Wildman–Crippen LogP) is 3.46. The molecule has 5 nitrogen and oxygen atoms in total. The molecule has 2 aromatic carbocycles. The van der Waals surface area contributed by atoms with Crippen molar-refractivity contribution in [1.29, 1.82) is 0 Å². The Morgan fingerprint density at radius 3 is 2.32 bits per heavy atom. The monoisotopic (exact) mass is 417 g/mol. The molecule has 1 saturated heterocycles. The van der Waals surface area contributed by atoms with E-state index in [1.807, 2.05) is 30.3 Å². The van der Waals surface area contributed by atoms with Gasteiger partial charge in [0.15, 0.2) is 0 Å². The molecule has 8 heteroatoms. The molecular formula is C20H20FN3O2S2. The molecule has 0 aliphatic carbocycles. The van der Waals surface area contributed by atoms with Crippen LogP contribution in [-0.4, -0.2) is 48.8 Å². The van der Waals surface area contributed by atoms with Crippen LogP contribution in [-0.2, 0) is 16.6 Å². The van der Waals surface area contributed by atoms with Gasteiger partial charge < -0.3 is 0 Å². The molecule has 0 N–H and O–H groups in total. The molecule has 0 unspecified atom stereocenters. The van der Waals surface area contributed by atoms with Crippen molar-refractivity contribution < 1.29 is 12.8 Å². The van der Waals surface area contributed by atoms with Crippen molar-refractivity contribution in [3.63, 3.8) is 0 Å². The lowest BCUT2D eigenvalue weighted by Gasteiger charge is -2.33. The first kappa shape index (κ1) is 19.2. The van der Waals surface area contributed by atoms with Crippen molar-refractivity contribution in [3.05, 3.63) is 70.8 Å². The van der Waals surface area contributed by atoms with Gasteiger partial charge in [0.1, 0.15) is 10.8 Å². The molecular weight excluding hydrogens is 397 g/mol. The van der Waals surface area contributed by atoms with E-state index in [-0.39, 0.29) is 4.90 Å². The number of halogens is 1. The lowest BCUT2D eigenvalue weighted by atomic mass is 10.2. The number of sulfonamides is 1. The van der Waals surface area contributed by atoms with Crippen LogP contribution < -0.4 is 0 Å². The third kappa shape index (κ3) is 4.15. The zero-order valence-electron chi connectivity index (χ0n) is 15.2. The van der Waals surface area contributed by atoms with Crippen molar-refractivity contribution >= 4 is 21.4 Å². The van der Waals surface area contributed by atoms with E-state index in [4.69, 9.17) is 4.98 Å². The quantitative estimate of drug-likeness (QED) is 0.638. The van der Waals surface area contributed by atoms with E-state index in [0.29, 0.717) is 32.7 Å². The summed E-state index contributed by atoms with van der Waals surface area (Å²) in [6.45, 7) is 2.82. The summed E-state index contributed by atoms with van der Waals surface area (Å²) in [5.41, 5.74) is 2.07. The third-order valence-electron chi connectivity index (χ3n) is 4.76. The van der Waals surface area contributed by atoms with Crippen LogP contribution in [0.4, 0.5) is 4.39 Å². The standard InChI is InChI=1S/C20H20FN3O2S2/c21-17-6-8-18(9-7-17)28(25,26)24-12-10-23(11-13-24)14-20-22-19(15-27-20)16-4-2-1-3-5-16/h1-9,15H,10-14H2. The highest BCUT2D eigenvalue weighted by atomic mass is 32.2. The van der Waals surface area contributed by atoms with Crippen molar-refractivity contribution in [2.75, 3.05) is 26.2 Å². The van der Waals surface area contributed by atoms with Gasteiger partial charge in [-0.3, -0.25) is 4.90 Å². The summed E-state index contributed by atoms with van der Waals surface area (Å²) in [5, 5.41) is 3.08. The fourth-order valence-electron chi connectivity index (χ4n) is 3.20. The maximum atomic E-state index is 13.1. The van der Waals surface area contributed by atoms with E-state index < -0.39 is 15.8 Å². The SMILES string of the molecule is O=S(=O)(c1ccc(F)cc1)N1CCN(Cc2nc(-c3ccccc3)cs2)CC1. The van der Waals surface area contributed by atoms with Crippen LogP contribution in [0.5, 0.6) is 0 Å². The molecule has 1 aromatic heterocycles. The van der Waals surface area contributed by atoms with Crippen LogP contribution in [0.3, 0.4) is 0 Å². The molecule has 1 fully saturated rings. The molecule has 1 aliphatic heterocycles. The number of benzene rings is 2. The molecule has 0 amide bonds. The summed E-state index contributed by atoms with van der Waals surface area (Å²) >= 11 is 1.62. The summed E-state index contributed by atoms with van der Waals surface area (Å²) in [6, 6.07) is 15.0. The molecule has 2 heterocycles. The van der Waals surface area contributed by atoms with Crippen molar-refractivity contribution in [2.24, 2.45) is 0 Å². The topological polar surface area (TPSA) is 53.5 Å². The van der Waals surface area contributed by atoms with Gasteiger partial charge in [0, 0.05) is 37.1 Å². The number of piperazine rings is 1. The number of hydrogen-bond acceptors (Lipinski definition) is 5. The second-order valence-electron chi connectivity index (χ2n) is 6.63. The van der Waals surface area contributed by atoms with Crippen LogP contribution in [0.15, 0.2) is 64.9 Å². The number of aromatic nitrogens is 1. The Morgan fingerprint density at radius 2 is 1.64 bits per heavy atom. The first-order chi connectivity index (χ1) is 13.5. The van der Waals surface area contributed by atoms with Gasteiger partial charge in [0.25, 0.3) is 0 Å². The first-order valence-corrected chi connectivity index (χ1v) is 11.3. The summed E-state index contributed by atoms with van der Waals surface area (Å²) in [7, 11) is -3.58. The highest BCUT2D eigenvalue weighted by molar-refractivity contribution is 7.89. The highest BCUT2D eigenvalue weighted by Gasteiger charge is 2.28. The minimum absolute atomic E-state index is 0.134. The van der Waals surface area contributed by atoms with Crippen molar-refractivity contribution in [3.8, 4) is 11.3 Å². The van der Waals surface area contributed by atoms with Crippen LogP contribution in [0.2, 0.25) is 0 Å². The van der Waals surface area contributed by atoms with Crippen molar-refractivity contribution in [1.82, 2.24) is 14.2 Å². The molecule has 0 atom stereocenters. The van der Waals surface area contributed by atoms with E-state index in [1.54, 1.807) is 11.3 Å². The summed E-state index contributed by atoms with van der Waals surface area (Å²) in [4.78, 5) is 7.05. The summed E-state index contributed by atoms with van der Waals surface area (Å²) in [5.74, 6) is -0.443. The van der Waals surface area contributed by atoms with Gasteiger partial charge in [-0.15, -0.1) is 11.3 Å². The Labute approximate surface area is 168 Å². The van der Waals surface area contributed by atoms with Gasteiger partial charge in [-0.2, -0.15) is 4.31 Å². The first-order valence-electron chi connectivity index (χ1n) is 9.00. The Hall–Kier alpha value is -2.13. The number of hydrogen-bond donors (Lipinski definition) is 0. The zero-order chi connectivity index (χ0) is 19.6. The lowest BCUT2D eigenvalue weighted by Crippen LogP contribution is -2.48. The molecule has 1 aliphatic rings. The minimum atomic E-state index is -3.58. The van der Waals surface area contributed by atoms with Gasteiger partial charge in [-0.25, -0.2) is 17.8 Å². The Balaban J connectivity index is 1.37. The molecule has 0 spiro atoms. The van der Waals surface area contributed by atoms with E-state index in [9.17, 15) is 12.8 Å². The fraction of sp³-hybridized carbons (Fsp3) is 0.250. The fourth-order valence-corrected chi connectivity index (χ4v) is 5.47. The third-order valence-corrected chi connectivity index (χ3v) is 7.51. The van der Waals surface area contributed by atoms with Crippen molar-refractivity contribution in [2.45, 2.75) is 11.4 Å². The lowest BCUT2D eigenvalue weighted by molar-refractivity contribution is 0.181. The molecule has 146 valence electrons. The van der Waals surface area contributed by atoms with Crippen LogP contribution in [0.25, 0.3) is 11.3 Å². The molecule has 3 aromatic rings. The van der Waals surface area contributed by atoms with Gasteiger partial charge in [0.05, 0.1) is 17.1 Å². The maximum absolute atomic E-state index is 13.1. The maximum Gasteiger partial charge on any atom is 0.243 e. The second-order valence-corrected chi connectivity index (χ2v) is 9.51. The number of nitrogens with zero attached hydrogens (tertiary/aromatic N) is 3. The van der Waals surface area contributed by atoms with Gasteiger partial charge in [-0.1, -0.05) is 30.3 Å². The van der Waals surface area contributed by atoms with E-state index in [2.05, 4.69) is 10.3 Å². The molecule has 4 rings (SSSR count). The van der Waals surface area contributed by atoms with Gasteiger partial charge in [-0.05, 0) is 24.3 Å². The summed E-state index contributed by atoms with van der Waals surface area (Å²) < 4.78 is 39.9. The molecule has 0 saturated carbocycles. The predicted molar refractivity (Wildman–Crippen MR) is 108 cm³/mol. The van der Waals surface area contributed by atoms with Gasteiger partial charge in [0.2, 0.25) is 10.0 Å². The number of thiazole rings is 1. The molecule has 0 bridgehead atoms. The number of rotatable bonds is 5.